The molecule has 2 amide bonds. The molecule has 2 bridgehead atoms. The van der Waals surface area contributed by atoms with Gasteiger partial charge < -0.3 is 4.74 Å². The zero-order valence-electron chi connectivity index (χ0n) is 18.7. The lowest BCUT2D eigenvalue weighted by Gasteiger charge is -2.29. The van der Waals surface area contributed by atoms with Crippen molar-refractivity contribution in [3.05, 3.63) is 76.9 Å². The molecule has 7 nitrogen and oxygen atoms in total. The summed E-state index contributed by atoms with van der Waals surface area (Å²) in [5, 5.41) is 0. The molecule has 5 rings (SSSR count). The number of nitrogens with one attached hydrogen (secondary N) is 1. The normalized spacial score (nSPS) is 28.1. The molecule has 2 aromatic rings. The molecule has 172 valence electrons. The third kappa shape index (κ3) is 3.44. The minimum Gasteiger partial charge on any atom is -0.361 e. The first kappa shape index (κ1) is 22.0. The highest BCUT2D eigenvalue weighted by atomic mass is 32.2. The Morgan fingerprint density at radius 2 is 1.70 bits per heavy atom. The number of carbonyl (C=O) groups excluding carboxylic acids is 2. The SMILES string of the molecule is Cc1cc(C)c(S(=O)(=O)NC[C@@]23C=C[C@@H](O2)[C@H]2C(=O)N(Cc4ccccc4)C(=O)[C@H]23)c(C)c1. The van der Waals surface area contributed by atoms with Gasteiger partial charge in [0.1, 0.15) is 5.60 Å². The van der Waals surface area contributed by atoms with Crippen LogP contribution in [-0.4, -0.2) is 43.4 Å². The Morgan fingerprint density at radius 3 is 2.36 bits per heavy atom. The van der Waals surface area contributed by atoms with E-state index in [1.807, 2.05) is 49.4 Å². The molecule has 1 N–H and O–H groups in total. The van der Waals surface area contributed by atoms with Crippen LogP contribution in [-0.2, 0) is 30.9 Å². The molecule has 33 heavy (non-hydrogen) atoms. The summed E-state index contributed by atoms with van der Waals surface area (Å²) in [6, 6.07) is 13.0. The van der Waals surface area contributed by atoms with Gasteiger partial charge in [-0.05, 0) is 37.5 Å². The number of hydrogen-bond acceptors (Lipinski definition) is 5. The maximum absolute atomic E-state index is 13.4. The number of sulfonamides is 1. The van der Waals surface area contributed by atoms with Gasteiger partial charge in [0.25, 0.3) is 0 Å². The highest BCUT2D eigenvalue weighted by Gasteiger charge is 2.67. The minimum atomic E-state index is -3.85. The van der Waals surface area contributed by atoms with E-state index in [1.54, 1.807) is 26.0 Å². The topological polar surface area (TPSA) is 92.8 Å². The number of ether oxygens (including phenoxy) is 1. The van der Waals surface area contributed by atoms with Crippen LogP contribution in [0.4, 0.5) is 0 Å². The number of fused-ring (bicyclic) bond motifs is 5. The van der Waals surface area contributed by atoms with E-state index in [2.05, 4.69) is 4.72 Å². The minimum absolute atomic E-state index is 0.117. The number of imide groups is 1. The number of benzene rings is 2. The molecule has 4 atom stereocenters. The Kier molecular flexibility index (Phi) is 5.08. The first-order chi connectivity index (χ1) is 15.6. The highest BCUT2D eigenvalue weighted by molar-refractivity contribution is 7.89. The number of nitrogens with zero attached hydrogens (tertiary/aromatic N) is 1. The standard InChI is InChI=1S/C25H26N2O5S/c1-15-11-16(2)22(17(3)12-15)33(30,31)26-14-25-10-9-19(32-25)20-21(25)24(29)27(23(20)28)13-18-7-5-4-6-8-18/h4-12,19-21,26H,13-14H2,1-3H3/t19-,20-,21+,25-/m1/s1. The molecule has 0 aromatic heterocycles. The van der Waals surface area contributed by atoms with Crippen LogP contribution in [0.25, 0.3) is 0 Å². The van der Waals surface area contributed by atoms with Gasteiger partial charge in [-0.2, -0.15) is 0 Å². The molecule has 0 spiro atoms. The lowest BCUT2D eigenvalue weighted by molar-refractivity contribution is -0.144. The van der Waals surface area contributed by atoms with Crippen LogP contribution >= 0.6 is 0 Å². The molecule has 2 fully saturated rings. The largest absolute Gasteiger partial charge is 0.361 e. The number of rotatable bonds is 6. The van der Waals surface area contributed by atoms with Crippen LogP contribution < -0.4 is 4.72 Å². The van der Waals surface area contributed by atoms with Gasteiger partial charge in [-0.1, -0.05) is 60.2 Å². The van der Waals surface area contributed by atoms with Gasteiger partial charge in [-0.3, -0.25) is 14.5 Å². The number of aryl methyl sites for hydroxylation is 3. The Labute approximate surface area is 193 Å². The van der Waals surface area contributed by atoms with E-state index in [9.17, 15) is 18.0 Å². The monoisotopic (exact) mass is 466 g/mol. The van der Waals surface area contributed by atoms with Crippen molar-refractivity contribution in [2.24, 2.45) is 11.8 Å². The summed E-state index contributed by atoms with van der Waals surface area (Å²) < 4.78 is 35.1. The summed E-state index contributed by atoms with van der Waals surface area (Å²) in [7, 11) is -3.85. The second-order valence-electron chi connectivity index (χ2n) is 9.20. The second-order valence-corrected chi connectivity index (χ2v) is 10.9. The predicted molar refractivity (Wildman–Crippen MR) is 122 cm³/mol. The van der Waals surface area contributed by atoms with E-state index in [4.69, 9.17) is 4.74 Å². The molecule has 2 aromatic carbocycles. The molecule has 2 saturated heterocycles. The van der Waals surface area contributed by atoms with E-state index in [-0.39, 0.29) is 29.8 Å². The van der Waals surface area contributed by atoms with Gasteiger partial charge >= 0.3 is 0 Å². The van der Waals surface area contributed by atoms with Crippen molar-refractivity contribution in [2.45, 2.75) is 43.9 Å². The van der Waals surface area contributed by atoms with Gasteiger partial charge in [0, 0.05) is 6.54 Å². The summed E-state index contributed by atoms with van der Waals surface area (Å²) in [4.78, 5) is 28.0. The Hall–Kier alpha value is -2.81. The van der Waals surface area contributed by atoms with E-state index >= 15 is 0 Å². The summed E-state index contributed by atoms with van der Waals surface area (Å²) in [6.07, 6.45) is 2.99. The van der Waals surface area contributed by atoms with Crippen molar-refractivity contribution in [1.29, 1.82) is 0 Å². The number of carbonyl (C=O) groups is 2. The Morgan fingerprint density at radius 1 is 1.03 bits per heavy atom. The molecule has 3 aliphatic heterocycles. The lowest BCUT2D eigenvalue weighted by atomic mass is 9.77. The molecule has 8 heteroatoms. The maximum atomic E-state index is 13.4. The number of likely N-dealkylation sites (tertiary alicyclic amines) is 1. The van der Waals surface area contributed by atoms with Gasteiger partial charge in [-0.15, -0.1) is 0 Å². The second kappa shape index (κ2) is 7.62. The molecular weight excluding hydrogens is 440 g/mol. The van der Waals surface area contributed by atoms with E-state index < -0.39 is 33.6 Å². The van der Waals surface area contributed by atoms with Gasteiger partial charge in [-0.25, -0.2) is 13.1 Å². The summed E-state index contributed by atoms with van der Waals surface area (Å²) in [6.45, 7) is 5.53. The van der Waals surface area contributed by atoms with Gasteiger partial charge in [0.2, 0.25) is 21.8 Å². The van der Waals surface area contributed by atoms with Crippen molar-refractivity contribution >= 4 is 21.8 Å². The quantitative estimate of drug-likeness (QED) is 0.521. The summed E-state index contributed by atoms with van der Waals surface area (Å²) >= 11 is 0. The average Bonchev–Trinajstić information content (AvgIpc) is 3.39. The Balaban J connectivity index is 1.40. The first-order valence-electron chi connectivity index (χ1n) is 11.0. The van der Waals surface area contributed by atoms with Crippen LogP contribution in [0.3, 0.4) is 0 Å². The molecule has 0 unspecified atom stereocenters. The van der Waals surface area contributed by atoms with Crippen LogP contribution in [0.2, 0.25) is 0 Å². The van der Waals surface area contributed by atoms with E-state index in [1.165, 1.54) is 4.90 Å². The Bertz CT molecular complexity index is 1260. The lowest BCUT2D eigenvalue weighted by Crippen LogP contribution is -2.48. The fraction of sp³-hybridized carbons (Fsp3) is 0.360. The molecule has 3 heterocycles. The molecule has 0 saturated carbocycles. The van der Waals surface area contributed by atoms with Crippen LogP contribution in [0.15, 0.2) is 59.5 Å². The molecular formula is C25H26N2O5S. The maximum Gasteiger partial charge on any atom is 0.241 e. The first-order valence-corrected chi connectivity index (χ1v) is 12.5. The van der Waals surface area contributed by atoms with E-state index in [0.717, 1.165) is 11.1 Å². The smallest absolute Gasteiger partial charge is 0.241 e. The fourth-order valence-electron chi connectivity index (χ4n) is 5.56. The number of amides is 2. The molecule has 0 aliphatic carbocycles. The third-order valence-corrected chi connectivity index (χ3v) is 8.55. The van der Waals surface area contributed by atoms with Crippen molar-refractivity contribution in [3.8, 4) is 0 Å². The predicted octanol–water partition coefficient (Wildman–Crippen LogP) is 2.40. The van der Waals surface area contributed by atoms with Crippen LogP contribution in [0.5, 0.6) is 0 Å². The van der Waals surface area contributed by atoms with Gasteiger partial charge in [0.15, 0.2) is 0 Å². The van der Waals surface area contributed by atoms with E-state index in [0.29, 0.717) is 11.1 Å². The zero-order valence-corrected chi connectivity index (χ0v) is 19.6. The van der Waals surface area contributed by atoms with Crippen molar-refractivity contribution in [2.75, 3.05) is 6.54 Å². The summed E-state index contributed by atoms with van der Waals surface area (Å²) in [5.74, 6) is -1.95. The number of hydrogen-bond donors (Lipinski definition) is 1. The average molecular weight is 467 g/mol. The molecule has 0 radical (unpaired) electrons. The molecule has 3 aliphatic rings. The van der Waals surface area contributed by atoms with Crippen molar-refractivity contribution in [1.82, 2.24) is 9.62 Å². The van der Waals surface area contributed by atoms with Crippen molar-refractivity contribution < 1.29 is 22.7 Å². The third-order valence-electron chi connectivity index (χ3n) is 6.84. The van der Waals surface area contributed by atoms with Crippen molar-refractivity contribution in [3.63, 3.8) is 0 Å². The van der Waals surface area contributed by atoms with Crippen LogP contribution in [0.1, 0.15) is 22.3 Å². The summed E-state index contributed by atoms with van der Waals surface area (Å²) in [5.41, 5.74) is 1.99. The van der Waals surface area contributed by atoms with Gasteiger partial charge in [0.05, 0.1) is 29.4 Å². The fourth-order valence-corrected chi connectivity index (χ4v) is 7.08. The zero-order chi connectivity index (χ0) is 23.5. The van der Waals surface area contributed by atoms with Crippen LogP contribution in [0, 0.1) is 32.6 Å². The highest BCUT2D eigenvalue weighted by Crippen LogP contribution is 2.51.